The molecule has 1 amide bonds. The second kappa shape index (κ2) is 6.78. The van der Waals surface area contributed by atoms with Gasteiger partial charge in [0.25, 0.3) is 5.91 Å². The van der Waals surface area contributed by atoms with Gasteiger partial charge in [-0.05, 0) is 43.3 Å². The van der Waals surface area contributed by atoms with Crippen LogP contribution in [0, 0.1) is 11.3 Å². The van der Waals surface area contributed by atoms with E-state index in [0.717, 1.165) is 0 Å². The van der Waals surface area contributed by atoms with Gasteiger partial charge in [-0.3, -0.25) is 4.79 Å². The average molecular weight is 301 g/mol. The fraction of sp³-hybridized carbons (Fsp3) is 0.125. The standard InChI is InChI=1S/C16H13ClN2O2/c1-11(21-15-7-3-5-13(17)9-15)16(20)19-14-6-2-4-12(8-14)10-18/h2-9,11H,1H3,(H,19,20)/t11-/m0/s1. The van der Waals surface area contributed by atoms with Gasteiger partial charge in [0.05, 0.1) is 11.6 Å². The van der Waals surface area contributed by atoms with Gasteiger partial charge in [-0.2, -0.15) is 5.26 Å². The largest absolute Gasteiger partial charge is 0.481 e. The number of ether oxygens (including phenoxy) is 1. The van der Waals surface area contributed by atoms with E-state index in [9.17, 15) is 4.79 Å². The lowest BCUT2D eigenvalue weighted by molar-refractivity contribution is -0.122. The van der Waals surface area contributed by atoms with Gasteiger partial charge in [-0.1, -0.05) is 23.7 Å². The first-order chi connectivity index (χ1) is 10.1. The zero-order chi connectivity index (χ0) is 15.2. The number of hydrogen-bond acceptors (Lipinski definition) is 3. The lowest BCUT2D eigenvalue weighted by Gasteiger charge is -2.15. The van der Waals surface area contributed by atoms with Gasteiger partial charge in [0, 0.05) is 10.7 Å². The topological polar surface area (TPSA) is 62.1 Å². The van der Waals surface area contributed by atoms with E-state index in [-0.39, 0.29) is 5.91 Å². The van der Waals surface area contributed by atoms with Gasteiger partial charge >= 0.3 is 0 Å². The molecule has 1 atom stereocenters. The molecule has 0 aliphatic rings. The third-order valence-corrected chi connectivity index (χ3v) is 2.97. The zero-order valence-electron chi connectivity index (χ0n) is 11.3. The SMILES string of the molecule is C[C@H](Oc1cccc(Cl)c1)C(=O)Nc1cccc(C#N)c1. The fourth-order valence-electron chi connectivity index (χ4n) is 1.71. The van der Waals surface area contributed by atoms with E-state index in [1.54, 1.807) is 55.5 Å². The van der Waals surface area contributed by atoms with E-state index in [0.29, 0.717) is 22.0 Å². The number of halogens is 1. The van der Waals surface area contributed by atoms with Crippen LogP contribution in [-0.2, 0) is 4.79 Å². The van der Waals surface area contributed by atoms with Crippen molar-refractivity contribution < 1.29 is 9.53 Å². The van der Waals surface area contributed by atoms with E-state index in [4.69, 9.17) is 21.6 Å². The monoisotopic (exact) mass is 300 g/mol. The van der Waals surface area contributed by atoms with Crippen LogP contribution in [-0.4, -0.2) is 12.0 Å². The van der Waals surface area contributed by atoms with E-state index in [1.807, 2.05) is 6.07 Å². The number of hydrogen-bond donors (Lipinski definition) is 1. The number of nitriles is 1. The summed E-state index contributed by atoms with van der Waals surface area (Å²) >= 11 is 5.86. The maximum absolute atomic E-state index is 12.0. The first kappa shape index (κ1) is 14.9. The molecule has 0 unspecified atom stereocenters. The summed E-state index contributed by atoms with van der Waals surface area (Å²) < 4.78 is 5.52. The predicted molar refractivity (Wildman–Crippen MR) is 81.3 cm³/mol. The Bertz CT molecular complexity index is 695. The Morgan fingerprint density at radius 1 is 1.29 bits per heavy atom. The number of carbonyl (C=O) groups is 1. The smallest absolute Gasteiger partial charge is 0.265 e. The van der Waals surface area contributed by atoms with Crippen LogP contribution in [0.5, 0.6) is 5.75 Å². The van der Waals surface area contributed by atoms with Crippen molar-refractivity contribution in [2.75, 3.05) is 5.32 Å². The molecule has 0 saturated carbocycles. The molecule has 0 bridgehead atoms. The molecular weight excluding hydrogens is 288 g/mol. The summed E-state index contributed by atoms with van der Waals surface area (Å²) in [5.74, 6) is 0.223. The van der Waals surface area contributed by atoms with Crippen molar-refractivity contribution in [3.05, 3.63) is 59.1 Å². The minimum atomic E-state index is -0.686. The number of carbonyl (C=O) groups excluding carboxylic acids is 1. The zero-order valence-corrected chi connectivity index (χ0v) is 12.1. The first-order valence-corrected chi connectivity index (χ1v) is 6.69. The average Bonchev–Trinajstić information content (AvgIpc) is 2.47. The second-order valence-electron chi connectivity index (χ2n) is 4.40. The van der Waals surface area contributed by atoms with E-state index < -0.39 is 6.10 Å². The molecule has 0 aromatic heterocycles. The molecule has 1 N–H and O–H groups in total. The van der Waals surface area contributed by atoms with Gasteiger partial charge in [0.2, 0.25) is 0 Å². The van der Waals surface area contributed by atoms with Crippen molar-refractivity contribution in [2.45, 2.75) is 13.0 Å². The summed E-state index contributed by atoms with van der Waals surface area (Å²) in [6, 6.07) is 15.6. The summed E-state index contributed by atoms with van der Waals surface area (Å²) in [6.07, 6.45) is -0.686. The molecule has 0 aliphatic carbocycles. The number of nitrogens with one attached hydrogen (secondary N) is 1. The number of amides is 1. The summed E-state index contributed by atoms with van der Waals surface area (Å²) in [7, 11) is 0. The van der Waals surface area contributed by atoms with Crippen molar-refractivity contribution >= 4 is 23.2 Å². The maximum Gasteiger partial charge on any atom is 0.265 e. The summed E-state index contributed by atoms with van der Waals surface area (Å²) in [5, 5.41) is 12.1. The first-order valence-electron chi connectivity index (χ1n) is 6.32. The molecule has 2 rings (SSSR count). The minimum absolute atomic E-state index is 0.301. The highest BCUT2D eigenvalue weighted by atomic mass is 35.5. The van der Waals surface area contributed by atoms with Crippen molar-refractivity contribution in [3.8, 4) is 11.8 Å². The van der Waals surface area contributed by atoms with Crippen LogP contribution >= 0.6 is 11.6 Å². The summed E-state index contributed by atoms with van der Waals surface area (Å²) in [6.45, 7) is 1.64. The lowest BCUT2D eigenvalue weighted by atomic mass is 10.2. The number of rotatable bonds is 4. The Morgan fingerprint density at radius 2 is 2.05 bits per heavy atom. The van der Waals surface area contributed by atoms with Crippen LogP contribution < -0.4 is 10.1 Å². The molecule has 21 heavy (non-hydrogen) atoms. The van der Waals surface area contributed by atoms with Crippen molar-refractivity contribution in [3.63, 3.8) is 0 Å². The van der Waals surface area contributed by atoms with Crippen LogP contribution in [0.15, 0.2) is 48.5 Å². The molecule has 0 saturated heterocycles. The van der Waals surface area contributed by atoms with Crippen molar-refractivity contribution in [2.24, 2.45) is 0 Å². The van der Waals surface area contributed by atoms with E-state index in [1.165, 1.54) is 0 Å². The Kier molecular flexibility index (Phi) is 4.81. The Morgan fingerprint density at radius 3 is 2.76 bits per heavy atom. The molecule has 2 aromatic carbocycles. The predicted octanol–water partition coefficient (Wildman–Crippen LogP) is 3.62. The normalized spacial score (nSPS) is 11.3. The van der Waals surface area contributed by atoms with Crippen LogP contribution in [0.2, 0.25) is 5.02 Å². The van der Waals surface area contributed by atoms with Gasteiger partial charge in [0.1, 0.15) is 5.75 Å². The van der Waals surface area contributed by atoms with Gasteiger partial charge in [-0.15, -0.1) is 0 Å². The molecular formula is C16H13ClN2O2. The van der Waals surface area contributed by atoms with Crippen molar-refractivity contribution in [1.29, 1.82) is 5.26 Å². The highest BCUT2D eigenvalue weighted by Gasteiger charge is 2.15. The Hall–Kier alpha value is -2.51. The van der Waals surface area contributed by atoms with Crippen LogP contribution in [0.25, 0.3) is 0 Å². The minimum Gasteiger partial charge on any atom is -0.481 e. The quantitative estimate of drug-likeness (QED) is 0.938. The Balaban J connectivity index is 2.01. The van der Waals surface area contributed by atoms with Crippen molar-refractivity contribution in [1.82, 2.24) is 0 Å². The number of anilines is 1. The Labute approximate surface area is 127 Å². The molecule has 0 heterocycles. The van der Waals surface area contributed by atoms with E-state index in [2.05, 4.69) is 5.32 Å². The molecule has 4 nitrogen and oxygen atoms in total. The van der Waals surface area contributed by atoms with Crippen LogP contribution in [0.4, 0.5) is 5.69 Å². The highest BCUT2D eigenvalue weighted by Crippen LogP contribution is 2.19. The molecule has 5 heteroatoms. The molecule has 0 spiro atoms. The third kappa shape index (κ3) is 4.23. The van der Waals surface area contributed by atoms with Gasteiger partial charge < -0.3 is 10.1 Å². The van der Waals surface area contributed by atoms with Gasteiger partial charge in [-0.25, -0.2) is 0 Å². The fourth-order valence-corrected chi connectivity index (χ4v) is 1.89. The second-order valence-corrected chi connectivity index (χ2v) is 4.84. The summed E-state index contributed by atoms with van der Waals surface area (Å²) in [5.41, 5.74) is 1.04. The summed E-state index contributed by atoms with van der Waals surface area (Å²) in [4.78, 5) is 12.0. The molecule has 106 valence electrons. The molecule has 0 fully saturated rings. The third-order valence-electron chi connectivity index (χ3n) is 2.74. The number of nitrogens with zero attached hydrogens (tertiary/aromatic N) is 1. The highest BCUT2D eigenvalue weighted by molar-refractivity contribution is 6.30. The number of benzene rings is 2. The molecule has 0 aliphatic heterocycles. The van der Waals surface area contributed by atoms with Crippen LogP contribution in [0.3, 0.4) is 0 Å². The lowest BCUT2D eigenvalue weighted by Crippen LogP contribution is -2.30. The van der Waals surface area contributed by atoms with Gasteiger partial charge in [0.15, 0.2) is 6.10 Å². The van der Waals surface area contributed by atoms with E-state index >= 15 is 0 Å². The van der Waals surface area contributed by atoms with Crippen LogP contribution in [0.1, 0.15) is 12.5 Å². The molecule has 2 aromatic rings. The molecule has 0 radical (unpaired) electrons. The maximum atomic E-state index is 12.0.